The first-order valence-corrected chi connectivity index (χ1v) is 11.2. The summed E-state index contributed by atoms with van der Waals surface area (Å²) in [6, 6.07) is 6.15. The van der Waals surface area contributed by atoms with Crippen molar-refractivity contribution in [3.8, 4) is 5.69 Å². The number of aryl methyl sites for hydroxylation is 1. The van der Waals surface area contributed by atoms with Gasteiger partial charge in [0, 0.05) is 23.8 Å². The molecule has 0 spiro atoms. The molecule has 2 heterocycles. The fourth-order valence-corrected chi connectivity index (χ4v) is 4.53. The van der Waals surface area contributed by atoms with Crippen molar-refractivity contribution >= 4 is 17.6 Å². The topological polar surface area (TPSA) is 113 Å². The summed E-state index contributed by atoms with van der Waals surface area (Å²) in [6.45, 7) is 3.54. The number of aromatic nitrogens is 4. The quantitative estimate of drug-likeness (QED) is 0.454. The van der Waals surface area contributed by atoms with Crippen LogP contribution in [0.15, 0.2) is 43.0 Å². The van der Waals surface area contributed by atoms with Gasteiger partial charge in [0.1, 0.15) is 11.3 Å². The average molecular weight is 489 g/mol. The van der Waals surface area contributed by atoms with Crippen molar-refractivity contribution in [1.82, 2.24) is 19.5 Å². The summed E-state index contributed by atoms with van der Waals surface area (Å²) >= 11 is 0. The van der Waals surface area contributed by atoms with Crippen LogP contribution >= 0.6 is 0 Å². The Morgan fingerprint density at radius 3 is 2.49 bits per heavy atom. The van der Waals surface area contributed by atoms with Crippen LogP contribution in [0.2, 0.25) is 0 Å². The van der Waals surface area contributed by atoms with Crippen LogP contribution in [0.4, 0.5) is 24.8 Å². The largest absolute Gasteiger partial charge is 0.481 e. The van der Waals surface area contributed by atoms with Crippen LogP contribution in [0.1, 0.15) is 49.6 Å². The third-order valence-corrected chi connectivity index (χ3v) is 6.53. The maximum atomic E-state index is 13.0. The van der Waals surface area contributed by atoms with Crippen LogP contribution in [0.25, 0.3) is 5.69 Å². The Labute approximate surface area is 199 Å². The van der Waals surface area contributed by atoms with E-state index in [1.54, 1.807) is 36.1 Å². The molecule has 1 atom stereocenters. The number of imidazole rings is 1. The number of nitrogens with zero attached hydrogens (tertiary/aromatic N) is 4. The molecule has 1 saturated carbocycles. The van der Waals surface area contributed by atoms with Crippen molar-refractivity contribution in [2.24, 2.45) is 11.8 Å². The van der Waals surface area contributed by atoms with Gasteiger partial charge in [-0.25, -0.2) is 15.0 Å². The minimum absolute atomic E-state index is 0.116. The first-order chi connectivity index (χ1) is 16.4. The van der Waals surface area contributed by atoms with E-state index in [2.05, 4.69) is 20.3 Å². The monoisotopic (exact) mass is 489 g/mol. The second-order valence-corrected chi connectivity index (χ2v) is 9.15. The molecule has 0 radical (unpaired) electrons. The zero-order chi connectivity index (χ0) is 25.4. The van der Waals surface area contributed by atoms with Gasteiger partial charge in [-0.3, -0.25) is 4.79 Å². The fraction of sp³-hybridized carbons (Fsp3) is 0.417. The van der Waals surface area contributed by atoms with Gasteiger partial charge in [-0.1, -0.05) is 0 Å². The number of alkyl halides is 3. The number of aliphatic hydroxyl groups is 1. The zero-order valence-corrected chi connectivity index (χ0v) is 19.3. The molecule has 4 rings (SSSR count). The molecule has 0 aliphatic heterocycles. The molecule has 11 heteroatoms. The van der Waals surface area contributed by atoms with E-state index >= 15 is 0 Å². The number of carbonyl (C=O) groups is 1. The van der Waals surface area contributed by atoms with Gasteiger partial charge in [0.25, 0.3) is 0 Å². The minimum atomic E-state index is -4.58. The normalized spacial score (nSPS) is 20.3. The van der Waals surface area contributed by atoms with Gasteiger partial charge in [-0.05, 0) is 75.3 Å². The highest BCUT2D eigenvalue weighted by Crippen LogP contribution is 2.40. The Bertz CT molecular complexity index is 1220. The summed E-state index contributed by atoms with van der Waals surface area (Å²) in [5.41, 5.74) is 0.212. The van der Waals surface area contributed by atoms with Crippen LogP contribution in [0, 0.1) is 18.8 Å². The van der Waals surface area contributed by atoms with Crippen molar-refractivity contribution in [3.05, 3.63) is 59.9 Å². The first-order valence-electron chi connectivity index (χ1n) is 11.2. The predicted octanol–water partition coefficient (Wildman–Crippen LogP) is 4.83. The van der Waals surface area contributed by atoms with E-state index < -0.39 is 23.4 Å². The molecule has 1 fully saturated rings. The molecule has 2 aromatic heterocycles. The summed E-state index contributed by atoms with van der Waals surface area (Å²) in [7, 11) is 0. The van der Waals surface area contributed by atoms with Gasteiger partial charge in [0.15, 0.2) is 0 Å². The van der Waals surface area contributed by atoms with Crippen molar-refractivity contribution < 1.29 is 28.2 Å². The Balaban J connectivity index is 1.54. The third kappa shape index (κ3) is 5.45. The molecule has 35 heavy (non-hydrogen) atoms. The summed E-state index contributed by atoms with van der Waals surface area (Å²) in [5.74, 6) is -1.47. The van der Waals surface area contributed by atoms with E-state index in [-0.39, 0.29) is 17.8 Å². The first kappa shape index (κ1) is 24.6. The van der Waals surface area contributed by atoms with E-state index in [1.165, 1.54) is 0 Å². The van der Waals surface area contributed by atoms with Crippen LogP contribution in [0.5, 0.6) is 0 Å². The van der Waals surface area contributed by atoms with Gasteiger partial charge in [-0.15, -0.1) is 0 Å². The molecule has 186 valence electrons. The van der Waals surface area contributed by atoms with E-state index in [0.717, 1.165) is 17.8 Å². The molecule has 1 aliphatic carbocycles. The number of hydrogen-bond donors (Lipinski definition) is 3. The molecule has 0 saturated heterocycles. The summed E-state index contributed by atoms with van der Waals surface area (Å²) in [4.78, 5) is 23.0. The number of benzene rings is 1. The maximum Gasteiger partial charge on any atom is 0.433 e. The third-order valence-electron chi connectivity index (χ3n) is 6.53. The summed E-state index contributed by atoms with van der Waals surface area (Å²) < 4.78 is 40.6. The SMILES string of the molecule is Cc1cc(Nc2nccc(C(F)(F)F)n2)cc(-n2cnc(C(C)(O)C3CCC(C(=O)O)CC3)c2)c1. The molecule has 0 bridgehead atoms. The van der Waals surface area contributed by atoms with Gasteiger partial charge in [0.05, 0.1) is 17.9 Å². The van der Waals surface area contributed by atoms with Crippen molar-refractivity contribution in [3.63, 3.8) is 0 Å². The lowest BCUT2D eigenvalue weighted by atomic mass is 9.73. The number of hydrogen-bond acceptors (Lipinski definition) is 6. The number of anilines is 2. The highest BCUT2D eigenvalue weighted by molar-refractivity contribution is 5.70. The summed E-state index contributed by atoms with van der Waals surface area (Å²) in [6.07, 6.45) is 1.95. The van der Waals surface area contributed by atoms with E-state index in [9.17, 15) is 28.2 Å². The van der Waals surface area contributed by atoms with Crippen molar-refractivity contribution in [2.75, 3.05) is 5.32 Å². The zero-order valence-electron chi connectivity index (χ0n) is 19.3. The van der Waals surface area contributed by atoms with E-state index in [4.69, 9.17) is 0 Å². The second-order valence-electron chi connectivity index (χ2n) is 9.15. The van der Waals surface area contributed by atoms with Crippen LogP contribution in [-0.2, 0) is 16.6 Å². The number of rotatable bonds is 6. The van der Waals surface area contributed by atoms with Crippen LogP contribution in [-0.4, -0.2) is 35.7 Å². The van der Waals surface area contributed by atoms with Crippen molar-refractivity contribution in [2.45, 2.75) is 51.3 Å². The molecular formula is C24H26F3N5O3. The molecule has 1 aliphatic rings. The van der Waals surface area contributed by atoms with E-state index in [0.29, 0.717) is 42.8 Å². The highest BCUT2D eigenvalue weighted by atomic mass is 19.4. The smallest absolute Gasteiger partial charge is 0.433 e. The second kappa shape index (κ2) is 9.29. The summed E-state index contributed by atoms with van der Waals surface area (Å²) in [5, 5.41) is 23.3. The van der Waals surface area contributed by atoms with Gasteiger partial charge >= 0.3 is 12.1 Å². The molecule has 3 N–H and O–H groups in total. The lowest BCUT2D eigenvalue weighted by Crippen LogP contribution is -2.36. The van der Waals surface area contributed by atoms with Crippen LogP contribution in [0.3, 0.4) is 0 Å². The molecule has 1 unspecified atom stereocenters. The lowest BCUT2D eigenvalue weighted by Gasteiger charge is -2.36. The Morgan fingerprint density at radius 2 is 1.83 bits per heavy atom. The minimum Gasteiger partial charge on any atom is -0.481 e. The molecule has 3 aromatic rings. The number of nitrogens with one attached hydrogen (secondary N) is 1. The van der Waals surface area contributed by atoms with Gasteiger partial charge in [-0.2, -0.15) is 13.2 Å². The average Bonchev–Trinajstić information content (AvgIpc) is 3.30. The number of aliphatic carboxylic acids is 1. The van der Waals surface area contributed by atoms with Gasteiger partial charge in [0.2, 0.25) is 5.95 Å². The molecule has 8 nitrogen and oxygen atoms in total. The highest BCUT2D eigenvalue weighted by Gasteiger charge is 2.39. The Hall–Kier alpha value is -3.47. The van der Waals surface area contributed by atoms with Crippen molar-refractivity contribution in [1.29, 1.82) is 0 Å². The predicted molar refractivity (Wildman–Crippen MR) is 121 cm³/mol. The lowest BCUT2D eigenvalue weighted by molar-refractivity contribution is -0.144. The molecular weight excluding hydrogens is 463 g/mol. The Morgan fingerprint density at radius 1 is 1.11 bits per heavy atom. The number of halogens is 3. The van der Waals surface area contributed by atoms with Gasteiger partial charge < -0.3 is 20.1 Å². The van der Waals surface area contributed by atoms with E-state index in [1.807, 2.05) is 13.0 Å². The molecule has 0 amide bonds. The maximum absolute atomic E-state index is 13.0. The number of carboxylic acids is 1. The van der Waals surface area contributed by atoms with Crippen LogP contribution < -0.4 is 5.32 Å². The number of carboxylic acid groups (broad SMARTS) is 1. The fourth-order valence-electron chi connectivity index (χ4n) is 4.53. The molecule has 1 aromatic carbocycles. The standard InChI is InChI=1S/C24H26F3N5O3/c1-14-9-17(30-22-28-8-7-19(31-22)24(25,26)27)11-18(10-14)32-12-20(29-13-32)23(2,35)16-5-3-15(4-6-16)21(33)34/h7-13,15-16,35H,3-6H2,1-2H3,(H,33,34)(H,28,30,31). The Kier molecular flexibility index (Phi) is 6.54.